The maximum Gasteiger partial charge on any atom is 0.410 e. The van der Waals surface area contributed by atoms with E-state index in [0.717, 1.165) is 15.7 Å². The van der Waals surface area contributed by atoms with Crippen LogP contribution in [0.5, 0.6) is 0 Å². The lowest BCUT2D eigenvalue weighted by molar-refractivity contribution is 0.0172. The third-order valence-electron chi connectivity index (χ3n) is 3.76. The van der Waals surface area contributed by atoms with Gasteiger partial charge in [0.15, 0.2) is 0 Å². The molecule has 0 bridgehead atoms. The Hall–Kier alpha value is -1.86. The second-order valence-electron chi connectivity index (χ2n) is 7.67. The number of benzene rings is 1. The molecule has 1 atom stereocenters. The lowest BCUT2D eigenvalue weighted by Crippen LogP contribution is -2.39. The van der Waals surface area contributed by atoms with Crippen molar-refractivity contribution in [1.29, 1.82) is 0 Å². The first kappa shape index (κ1) is 21.4. The first-order valence-corrected chi connectivity index (χ1v) is 9.74. The Morgan fingerprint density at radius 1 is 1.30 bits per heavy atom. The van der Waals surface area contributed by atoms with Gasteiger partial charge in [-0.2, -0.15) is 0 Å². The van der Waals surface area contributed by atoms with Crippen LogP contribution in [0.1, 0.15) is 33.5 Å². The zero-order chi connectivity index (χ0) is 20.0. The molecular formula is C20H28BrN3O3. The van der Waals surface area contributed by atoms with Crippen molar-refractivity contribution in [2.45, 2.75) is 39.8 Å². The van der Waals surface area contributed by atoms with E-state index in [0.29, 0.717) is 25.5 Å². The molecule has 0 saturated heterocycles. The molecule has 0 saturated carbocycles. The largest absolute Gasteiger partial charge is 0.444 e. The van der Waals surface area contributed by atoms with E-state index < -0.39 is 5.60 Å². The topological polar surface area (TPSA) is 67.5 Å². The Morgan fingerprint density at radius 2 is 1.96 bits per heavy atom. The van der Waals surface area contributed by atoms with Crippen molar-refractivity contribution < 1.29 is 14.3 Å². The Morgan fingerprint density at radius 3 is 2.56 bits per heavy atom. The second-order valence-corrected chi connectivity index (χ2v) is 8.59. The average molecular weight is 438 g/mol. The van der Waals surface area contributed by atoms with Crippen LogP contribution in [-0.4, -0.2) is 46.8 Å². The highest BCUT2D eigenvalue weighted by molar-refractivity contribution is 9.10. The highest BCUT2D eigenvalue weighted by Crippen LogP contribution is 2.21. The normalized spacial score (nSPS) is 12.7. The molecule has 6 nitrogen and oxygen atoms in total. The van der Waals surface area contributed by atoms with Gasteiger partial charge in [0.05, 0.1) is 25.0 Å². The molecule has 0 aliphatic heterocycles. The third-order valence-corrected chi connectivity index (χ3v) is 4.29. The number of imidazole rings is 1. The molecule has 0 spiro atoms. The summed E-state index contributed by atoms with van der Waals surface area (Å²) in [5.74, 6) is 0.895. The minimum Gasteiger partial charge on any atom is -0.444 e. The van der Waals surface area contributed by atoms with Gasteiger partial charge in [-0.3, -0.25) is 0 Å². The van der Waals surface area contributed by atoms with Crippen molar-refractivity contribution in [2.24, 2.45) is 5.92 Å². The molecule has 148 valence electrons. The minimum absolute atomic E-state index is 0.184. The van der Waals surface area contributed by atoms with Crippen LogP contribution in [0.2, 0.25) is 0 Å². The van der Waals surface area contributed by atoms with Gasteiger partial charge in [-0.25, -0.2) is 9.78 Å². The molecule has 7 heteroatoms. The maximum absolute atomic E-state index is 12.6. The first-order valence-electron chi connectivity index (χ1n) is 8.94. The van der Waals surface area contributed by atoms with E-state index in [4.69, 9.17) is 9.47 Å². The number of carbonyl (C=O) groups is 1. The van der Waals surface area contributed by atoms with E-state index in [2.05, 4.69) is 25.9 Å². The van der Waals surface area contributed by atoms with Gasteiger partial charge in [0.25, 0.3) is 0 Å². The molecule has 1 amide bonds. The van der Waals surface area contributed by atoms with Crippen LogP contribution in [0.25, 0.3) is 11.3 Å². The van der Waals surface area contributed by atoms with E-state index in [9.17, 15) is 4.79 Å². The Labute approximate surface area is 169 Å². The maximum atomic E-state index is 12.6. The molecule has 0 fully saturated rings. The van der Waals surface area contributed by atoms with Crippen LogP contribution in [-0.2, 0) is 16.0 Å². The fourth-order valence-corrected chi connectivity index (χ4v) is 2.91. The summed E-state index contributed by atoms with van der Waals surface area (Å²) in [5, 5.41) is 0. The fraction of sp³-hybridized carbons (Fsp3) is 0.500. The monoisotopic (exact) mass is 437 g/mol. The van der Waals surface area contributed by atoms with Crippen LogP contribution in [0.4, 0.5) is 4.79 Å². The number of ether oxygens (including phenoxy) is 2. The summed E-state index contributed by atoms with van der Waals surface area (Å²) < 4.78 is 11.8. The van der Waals surface area contributed by atoms with Crippen LogP contribution in [0.15, 0.2) is 34.9 Å². The molecule has 0 radical (unpaired) electrons. The summed E-state index contributed by atoms with van der Waals surface area (Å²) >= 11 is 3.44. The Balaban J connectivity index is 2.14. The molecular weight excluding hydrogens is 410 g/mol. The number of hydrogen-bond donors (Lipinski definition) is 1. The van der Waals surface area contributed by atoms with Crippen molar-refractivity contribution >= 4 is 22.0 Å². The molecule has 1 N–H and O–H groups in total. The number of carbonyl (C=O) groups excluding carboxylic acids is 1. The molecule has 1 heterocycles. The van der Waals surface area contributed by atoms with E-state index in [1.807, 2.05) is 52.0 Å². The molecule has 0 aliphatic carbocycles. The fourth-order valence-electron chi connectivity index (χ4n) is 2.64. The van der Waals surface area contributed by atoms with E-state index in [1.165, 1.54) is 0 Å². The summed E-state index contributed by atoms with van der Waals surface area (Å²) in [6, 6.07) is 7.98. The molecule has 1 aromatic carbocycles. The smallest absolute Gasteiger partial charge is 0.410 e. The molecule has 2 rings (SSSR count). The summed E-state index contributed by atoms with van der Waals surface area (Å²) in [6.45, 7) is 9.06. The number of nitrogens with one attached hydrogen (secondary N) is 1. The molecule has 27 heavy (non-hydrogen) atoms. The van der Waals surface area contributed by atoms with Crippen molar-refractivity contribution in [2.75, 3.05) is 20.3 Å². The number of rotatable bonds is 7. The number of H-pyrrole nitrogens is 1. The summed E-state index contributed by atoms with van der Waals surface area (Å²) in [5.41, 5.74) is 1.39. The Kier molecular flexibility index (Phi) is 7.44. The predicted octanol–water partition coefficient (Wildman–Crippen LogP) is 4.86. The van der Waals surface area contributed by atoms with Crippen LogP contribution < -0.4 is 0 Å². The van der Waals surface area contributed by atoms with Gasteiger partial charge >= 0.3 is 6.09 Å². The van der Waals surface area contributed by atoms with Crippen LogP contribution in [0.3, 0.4) is 0 Å². The second kappa shape index (κ2) is 9.37. The van der Waals surface area contributed by atoms with Crippen molar-refractivity contribution in [3.05, 3.63) is 40.8 Å². The number of methoxy groups -OCH3 is 1. The van der Waals surface area contributed by atoms with Crippen LogP contribution >= 0.6 is 15.9 Å². The van der Waals surface area contributed by atoms with Gasteiger partial charge in [0.2, 0.25) is 0 Å². The van der Waals surface area contributed by atoms with Gasteiger partial charge in [0, 0.05) is 18.1 Å². The molecule has 2 aromatic rings. The highest BCUT2D eigenvalue weighted by Gasteiger charge is 2.24. The Bertz CT molecular complexity index is 738. The molecule has 1 aromatic heterocycles. The van der Waals surface area contributed by atoms with Crippen LogP contribution in [0, 0.1) is 5.92 Å². The first-order chi connectivity index (χ1) is 12.7. The minimum atomic E-state index is -0.550. The zero-order valence-corrected chi connectivity index (χ0v) is 18.2. The summed E-state index contributed by atoms with van der Waals surface area (Å²) in [4.78, 5) is 22.0. The van der Waals surface area contributed by atoms with E-state index in [-0.39, 0.29) is 12.0 Å². The van der Waals surface area contributed by atoms with Gasteiger partial charge in [-0.1, -0.05) is 35.0 Å². The average Bonchev–Trinajstić information content (AvgIpc) is 3.02. The predicted molar refractivity (Wildman–Crippen MR) is 109 cm³/mol. The van der Waals surface area contributed by atoms with E-state index in [1.54, 1.807) is 18.2 Å². The standard InChI is InChI=1S/C20H28BrN3O3/c1-14(13-26-5)11-24(19(25)27-20(2,3)4)12-18-22-10-17(23-18)15-6-8-16(21)9-7-15/h6-10,14H,11-13H2,1-5H3,(H,22,23)/t14-/m0/s1. The number of amides is 1. The number of aromatic amines is 1. The van der Waals surface area contributed by atoms with Crippen molar-refractivity contribution in [3.8, 4) is 11.3 Å². The van der Waals surface area contributed by atoms with Crippen molar-refractivity contribution in [3.63, 3.8) is 0 Å². The van der Waals surface area contributed by atoms with Crippen molar-refractivity contribution in [1.82, 2.24) is 14.9 Å². The van der Waals surface area contributed by atoms with Gasteiger partial charge in [-0.05, 0) is 44.4 Å². The number of halogens is 1. The lowest BCUT2D eigenvalue weighted by atomic mass is 10.2. The van der Waals surface area contributed by atoms with E-state index >= 15 is 0 Å². The molecule has 0 unspecified atom stereocenters. The van der Waals surface area contributed by atoms with Gasteiger partial charge in [0.1, 0.15) is 11.4 Å². The SMILES string of the molecule is COC[C@@H](C)CN(Cc1ncc(-c2ccc(Br)cc2)[nH]1)C(=O)OC(C)(C)C. The quantitative estimate of drug-likeness (QED) is 0.671. The summed E-state index contributed by atoms with van der Waals surface area (Å²) in [7, 11) is 1.66. The van der Waals surface area contributed by atoms with Gasteiger partial charge in [-0.15, -0.1) is 0 Å². The highest BCUT2D eigenvalue weighted by atomic mass is 79.9. The lowest BCUT2D eigenvalue weighted by Gasteiger charge is -2.28. The number of nitrogens with zero attached hydrogens (tertiary/aromatic N) is 2. The molecule has 0 aliphatic rings. The zero-order valence-electron chi connectivity index (χ0n) is 16.6. The third kappa shape index (κ3) is 6.99. The summed E-state index contributed by atoms with van der Waals surface area (Å²) in [6.07, 6.45) is 1.43. The number of aromatic nitrogens is 2. The number of hydrogen-bond acceptors (Lipinski definition) is 4. The van der Waals surface area contributed by atoms with Gasteiger partial charge < -0.3 is 19.4 Å².